The summed E-state index contributed by atoms with van der Waals surface area (Å²) in [6.07, 6.45) is 2.95. The van der Waals surface area contributed by atoms with Gasteiger partial charge in [0, 0.05) is 6.54 Å². The normalized spacial score (nSPS) is 14.7. The van der Waals surface area contributed by atoms with Crippen molar-refractivity contribution in [3.8, 4) is 11.4 Å². The van der Waals surface area contributed by atoms with Crippen LogP contribution in [0.4, 0.5) is 4.39 Å². The fourth-order valence-corrected chi connectivity index (χ4v) is 4.18. The summed E-state index contributed by atoms with van der Waals surface area (Å²) < 4.78 is 28.5. The molecule has 37 heavy (non-hydrogen) atoms. The second kappa shape index (κ2) is 10.7. The number of carbonyl (C=O) groups is 1. The van der Waals surface area contributed by atoms with Gasteiger partial charge in [-0.2, -0.15) is 5.10 Å². The lowest BCUT2D eigenvalue weighted by Gasteiger charge is -2.26. The molecule has 0 fully saturated rings. The van der Waals surface area contributed by atoms with Crippen LogP contribution in [0.1, 0.15) is 46.9 Å². The van der Waals surface area contributed by atoms with Gasteiger partial charge >= 0.3 is 0 Å². The van der Waals surface area contributed by atoms with E-state index in [4.69, 9.17) is 9.47 Å². The van der Waals surface area contributed by atoms with Gasteiger partial charge in [-0.15, -0.1) is 0 Å². The molecule has 0 bridgehead atoms. The van der Waals surface area contributed by atoms with Gasteiger partial charge in [0.1, 0.15) is 37.0 Å². The van der Waals surface area contributed by atoms with E-state index in [1.165, 1.54) is 34.0 Å². The summed E-state index contributed by atoms with van der Waals surface area (Å²) >= 11 is 0. The Bertz CT molecular complexity index is 1460. The van der Waals surface area contributed by atoms with Gasteiger partial charge in [0.15, 0.2) is 5.69 Å². The Hall–Kier alpha value is -4.38. The predicted octanol–water partition coefficient (Wildman–Crippen LogP) is 2.95. The number of nitrogens with zero attached hydrogens (tertiary/aromatic N) is 5. The largest absolute Gasteiger partial charge is 0.481 e. The molecule has 0 saturated heterocycles. The van der Waals surface area contributed by atoms with Crippen LogP contribution in [0.2, 0.25) is 0 Å². The van der Waals surface area contributed by atoms with Crippen LogP contribution in [0, 0.1) is 5.82 Å². The number of amides is 1. The SMILES string of the molecule is CCC1OCCn2c1nc(C(=O)NCc1ccc(F)cc1-n1cncn1)c(OCc1ccccc1)c2=O. The molecule has 0 spiro atoms. The zero-order chi connectivity index (χ0) is 25.8. The van der Waals surface area contributed by atoms with Crippen LogP contribution in [0.3, 0.4) is 0 Å². The minimum atomic E-state index is -0.599. The van der Waals surface area contributed by atoms with Crippen molar-refractivity contribution < 1.29 is 18.7 Å². The van der Waals surface area contributed by atoms with Crippen molar-refractivity contribution in [2.24, 2.45) is 0 Å². The van der Waals surface area contributed by atoms with Crippen LogP contribution in [0.15, 0.2) is 66.0 Å². The molecule has 11 heteroatoms. The van der Waals surface area contributed by atoms with E-state index in [2.05, 4.69) is 20.4 Å². The van der Waals surface area contributed by atoms with E-state index in [-0.39, 0.29) is 24.6 Å². The van der Waals surface area contributed by atoms with E-state index in [1.54, 1.807) is 6.07 Å². The summed E-state index contributed by atoms with van der Waals surface area (Å²) in [5.74, 6) is -0.788. The fourth-order valence-electron chi connectivity index (χ4n) is 4.18. The number of halogens is 1. The number of aromatic nitrogens is 5. The van der Waals surface area contributed by atoms with Crippen molar-refractivity contribution >= 4 is 5.91 Å². The van der Waals surface area contributed by atoms with E-state index in [0.717, 1.165) is 5.56 Å². The maximum absolute atomic E-state index is 13.9. The summed E-state index contributed by atoms with van der Waals surface area (Å²) in [4.78, 5) is 35.3. The van der Waals surface area contributed by atoms with Crippen molar-refractivity contribution in [3.63, 3.8) is 0 Å². The first-order chi connectivity index (χ1) is 18.0. The number of carbonyl (C=O) groups excluding carboxylic acids is 1. The molecule has 0 saturated carbocycles. The van der Waals surface area contributed by atoms with Crippen molar-refractivity contribution in [1.82, 2.24) is 29.6 Å². The summed E-state index contributed by atoms with van der Waals surface area (Å²) in [7, 11) is 0. The monoisotopic (exact) mass is 504 g/mol. The maximum Gasteiger partial charge on any atom is 0.296 e. The molecule has 1 N–H and O–H groups in total. The van der Waals surface area contributed by atoms with E-state index in [9.17, 15) is 14.0 Å². The predicted molar refractivity (Wildman–Crippen MR) is 131 cm³/mol. The molecule has 4 aromatic rings. The number of benzene rings is 2. The molecule has 3 heterocycles. The number of fused-ring (bicyclic) bond motifs is 1. The van der Waals surface area contributed by atoms with Gasteiger partial charge in [-0.05, 0) is 29.7 Å². The van der Waals surface area contributed by atoms with Crippen LogP contribution in [-0.4, -0.2) is 36.8 Å². The summed E-state index contributed by atoms with van der Waals surface area (Å²) in [5.41, 5.74) is 1.31. The lowest BCUT2D eigenvalue weighted by molar-refractivity contribution is 0.0112. The first-order valence-electron chi connectivity index (χ1n) is 11.9. The summed E-state index contributed by atoms with van der Waals surface area (Å²) in [6.45, 7) is 2.73. The van der Waals surface area contributed by atoms with Crippen LogP contribution < -0.4 is 15.6 Å². The molecule has 1 aliphatic rings. The number of ether oxygens (including phenoxy) is 2. The summed E-state index contributed by atoms with van der Waals surface area (Å²) in [5, 5.41) is 6.84. The van der Waals surface area contributed by atoms with E-state index in [0.29, 0.717) is 36.6 Å². The van der Waals surface area contributed by atoms with Crippen LogP contribution in [0.25, 0.3) is 5.69 Å². The van der Waals surface area contributed by atoms with Crippen molar-refractivity contribution in [2.45, 2.75) is 39.1 Å². The highest BCUT2D eigenvalue weighted by Crippen LogP contribution is 2.25. The Morgan fingerprint density at radius 2 is 2.08 bits per heavy atom. The lowest BCUT2D eigenvalue weighted by Crippen LogP contribution is -2.37. The van der Waals surface area contributed by atoms with Gasteiger partial charge in [0.25, 0.3) is 11.5 Å². The zero-order valence-corrected chi connectivity index (χ0v) is 20.1. The molecule has 2 aromatic heterocycles. The van der Waals surface area contributed by atoms with Crippen molar-refractivity contribution in [3.05, 3.63) is 100 Å². The standard InChI is InChI=1S/C26H25FN6O4/c1-2-21-24-31-22(23(26(35)32(24)10-11-36-21)37-14-17-6-4-3-5-7-17)25(34)29-13-18-8-9-19(27)12-20(18)33-16-28-15-30-33/h3-9,12,15-16,21H,2,10-11,13-14H2,1H3,(H,29,34). The second-order valence-electron chi connectivity index (χ2n) is 8.44. The third-order valence-corrected chi connectivity index (χ3v) is 6.04. The number of rotatable bonds is 8. The van der Waals surface area contributed by atoms with E-state index in [1.807, 2.05) is 37.3 Å². The molecule has 1 unspecified atom stereocenters. The minimum absolute atomic E-state index is 0.0280. The Labute approximate surface area is 211 Å². The topological polar surface area (TPSA) is 113 Å². The molecule has 1 amide bonds. The molecular formula is C26H25FN6O4. The average molecular weight is 505 g/mol. The van der Waals surface area contributed by atoms with Crippen LogP contribution in [-0.2, 0) is 24.4 Å². The van der Waals surface area contributed by atoms with Crippen molar-refractivity contribution in [1.29, 1.82) is 0 Å². The van der Waals surface area contributed by atoms with Gasteiger partial charge < -0.3 is 14.8 Å². The Balaban J connectivity index is 1.47. The first-order valence-corrected chi connectivity index (χ1v) is 11.9. The second-order valence-corrected chi connectivity index (χ2v) is 8.44. The van der Waals surface area contributed by atoms with Gasteiger partial charge in [-0.3, -0.25) is 14.2 Å². The molecule has 10 nitrogen and oxygen atoms in total. The van der Waals surface area contributed by atoms with E-state index < -0.39 is 23.4 Å². The lowest BCUT2D eigenvalue weighted by atomic mass is 10.1. The zero-order valence-electron chi connectivity index (χ0n) is 20.1. The molecule has 0 aliphatic carbocycles. The fraction of sp³-hybridized carbons (Fsp3) is 0.269. The molecule has 0 radical (unpaired) electrons. The smallest absolute Gasteiger partial charge is 0.296 e. The molecule has 2 aromatic carbocycles. The highest BCUT2D eigenvalue weighted by molar-refractivity contribution is 5.94. The number of hydrogen-bond acceptors (Lipinski definition) is 7. The van der Waals surface area contributed by atoms with E-state index >= 15 is 0 Å². The van der Waals surface area contributed by atoms with Gasteiger partial charge in [-0.1, -0.05) is 43.3 Å². The Kier molecular flexibility index (Phi) is 7.04. The third-order valence-electron chi connectivity index (χ3n) is 6.04. The molecule has 1 atom stereocenters. The van der Waals surface area contributed by atoms with Gasteiger partial charge in [-0.25, -0.2) is 19.0 Å². The van der Waals surface area contributed by atoms with Gasteiger partial charge in [0.05, 0.1) is 18.8 Å². The van der Waals surface area contributed by atoms with Crippen molar-refractivity contribution in [2.75, 3.05) is 6.61 Å². The highest BCUT2D eigenvalue weighted by Gasteiger charge is 2.29. The Morgan fingerprint density at radius 1 is 1.24 bits per heavy atom. The van der Waals surface area contributed by atoms with Crippen LogP contribution in [0.5, 0.6) is 5.75 Å². The van der Waals surface area contributed by atoms with Gasteiger partial charge in [0.2, 0.25) is 5.75 Å². The summed E-state index contributed by atoms with van der Waals surface area (Å²) in [6, 6.07) is 13.5. The quantitative estimate of drug-likeness (QED) is 0.393. The minimum Gasteiger partial charge on any atom is -0.481 e. The molecule has 190 valence electrons. The average Bonchev–Trinajstić information content (AvgIpc) is 3.47. The maximum atomic E-state index is 13.9. The Morgan fingerprint density at radius 3 is 2.84 bits per heavy atom. The van der Waals surface area contributed by atoms with Crippen LogP contribution >= 0.6 is 0 Å². The number of nitrogens with one attached hydrogen (secondary N) is 1. The first kappa shape index (κ1) is 24.3. The molecule has 1 aliphatic heterocycles. The molecular weight excluding hydrogens is 479 g/mol. The number of hydrogen-bond donors (Lipinski definition) is 1. The highest BCUT2D eigenvalue weighted by atomic mass is 19.1. The molecule has 5 rings (SSSR count). The third kappa shape index (κ3) is 5.12.